The molecule has 0 N–H and O–H groups in total. The van der Waals surface area contributed by atoms with E-state index in [1.807, 2.05) is 35.2 Å². The van der Waals surface area contributed by atoms with Crippen LogP contribution in [0.15, 0.2) is 42.5 Å². The number of likely N-dealkylation sites (N-methyl/N-ethyl adjacent to an activating group) is 1. The number of unbranched alkanes of at least 4 members (excludes halogenated alkanes) is 1. The van der Waals surface area contributed by atoms with Crippen LogP contribution in [0.4, 0.5) is 0 Å². The number of amides is 1. The summed E-state index contributed by atoms with van der Waals surface area (Å²) in [6.45, 7) is 11.1. The Morgan fingerprint density at radius 2 is 1.58 bits per heavy atom. The van der Waals surface area contributed by atoms with Crippen molar-refractivity contribution >= 4 is 16.7 Å². The average molecular weight is 326 g/mol. The number of hydrogen-bond acceptors (Lipinski definition) is 2. The van der Waals surface area contributed by atoms with E-state index in [4.69, 9.17) is 0 Å². The second-order valence-corrected chi connectivity index (χ2v) is 6.20. The molecule has 0 atom stereocenters. The number of fused-ring (bicyclic) bond motifs is 1. The first-order valence-electron chi connectivity index (χ1n) is 9.20. The third-order valence-corrected chi connectivity index (χ3v) is 4.67. The Balaban J connectivity index is 2.22. The maximum absolute atomic E-state index is 13.2. The van der Waals surface area contributed by atoms with Crippen LogP contribution in [0.25, 0.3) is 10.8 Å². The molecule has 0 fully saturated rings. The first-order valence-corrected chi connectivity index (χ1v) is 9.20. The van der Waals surface area contributed by atoms with Gasteiger partial charge in [-0.05, 0) is 36.3 Å². The highest BCUT2D eigenvalue weighted by Crippen LogP contribution is 2.20. The zero-order valence-corrected chi connectivity index (χ0v) is 15.3. The van der Waals surface area contributed by atoms with Crippen molar-refractivity contribution in [1.82, 2.24) is 9.80 Å². The molecule has 0 unspecified atom stereocenters. The minimum Gasteiger partial charge on any atom is -0.337 e. The van der Waals surface area contributed by atoms with Gasteiger partial charge in [-0.15, -0.1) is 0 Å². The zero-order chi connectivity index (χ0) is 17.4. The van der Waals surface area contributed by atoms with Gasteiger partial charge in [0.1, 0.15) is 0 Å². The fraction of sp³-hybridized carbons (Fsp3) is 0.476. The van der Waals surface area contributed by atoms with Gasteiger partial charge in [0.25, 0.3) is 5.91 Å². The van der Waals surface area contributed by atoms with Gasteiger partial charge >= 0.3 is 0 Å². The van der Waals surface area contributed by atoms with E-state index in [-0.39, 0.29) is 5.91 Å². The lowest BCUT2D eigenvalue weighted by Gasteiger charge is -2.27. The average Bonchev–Trinajstić information content (AvgIpc) is 2.64. The molecule has 130 valence electrons. The van der Waals surface area contributed by atoms with Gasteiger partial charge in [-0.25, -0.2) is 0 Å². The summed E-state index contributed by atoms with van der Waals surface area (Å²) in [7, 11) is 0. The summed E-state index contributed by atoms with van der Waals surface area (Å²) in [5, 5.41) is 2.18. The van der Waals surface area contributed by atoms with Crippen LogP contribution in [0.1, 0.15) is 44.0 Å². The van der Waals surface area contributed by atoms with Crippen LogP contribution in [0, 0.1) is 0 Å². The van der Waals surface area contributed by atoms with Gasteiger partial charge in [-0.1, -0.05) is 63.6 Å². The van der Waals surface area contributed by atoms with Crippen LogP contribution in [-0.4, -0.2) is 48.4 Å². The number of carbonyl (C=O) groups excluding carboxylic acids is 1. The van der Waals surface area contributed by atoms with Gasteiger partial charge < -0.3 is 9.80 Å². The van der Waals surface area contributed by atoms with Crippen LogP contribution < -0.4 is 0 Å². The summed E-state index contributed by atoms with van der Waals surface area (Å²) in [6, 6.07) is 14.2. The summed E-state index contributed by atoms with van der Waals surface area (Å²) in [4.78, 5) is 17.6. The lowest BCUT2D eigenvalue weighted by atomic mass is 10.0. The van der Waals surface area contributed by atoms with Crippen molar-refractivity contribution in [2.75, 3.05) is 32.7 Å². The molecule has 0 aliphatic carbocycles. The molecule has 0 bridgehead atoms. The van der Waals surface area contributed by atoms with E-state index in [2.05, 4.69) is 37.8 Å². The van der Waals surface area contributed by atoms with Crippen molar-refractivity contribution in [3.63, 3.8) is 0 Å². The molecule has 0 heterocycles. The number of benzene rings is 2. The Hall–Kier alpha value is -1.87. The van der Waals surface area contributed by atoms with Gasteiger partial charge in [-0.2, -0.15) is 0 Å². The molecule has 3 nitrogen and oxygen atoms in total. The van der Waals surface area contributed by atoms with Crippen molar-refractivity contribution < 1.29 is 4.79 Å². The number of carbonyl (C=O) groups is 1. The molecule has 3 heteroatoms. The van der Waals surface area contributed by atoms with Crippen molar-refractivity contribution in [2.24, 2.45) is 0 Å². The van der Waals surface area contributed by atoms with Gasteiger partial charge in [0, 0.05) is 25.2 Å². The largest absolute Gasteiger partial charge is 0.337 e. The Bertz CT molecular complexity index is 644. The summed E-state index contributed by atoms with van der Waals surface area (Å²) in [5.41, 5.74) is 0.823. The van der Waals surface area contributed by atoms with Crippen molar-refractivity contribution in [3.05, 3.63) is 48.0 Å². The number of hydrogen-bond donors (Lipinski definition) is 0. The molecule has 2 rings (SSSR count). The van der Waals surface area contributed by atoms with Crippen LogP contribution in [0.2, 0.25) is 0 Å². The van der Waals surface area contributed by atoms with E-state index in [1.165, 1.54) is 0 Å². The predicted molar refractivity (Wildman–Crippen MR) is 103 cm³/mol. The minimum absolute atomic E-state index is 0.160. The van der Waals surface area contributed by atoms with Crippen molar-refractivity contribution in [1.29, 1.82) is 0 Å². The van der Waals surface area contributed by atoms with E-state index >= 15 is 0 Å². The SMILES string of the molecule is CCCCN(CCN(CC)CC)C(=O)c1cccc2ccccc12. The van der Waals surface area contributed by atoms with E-state index in [0.29, 0.717) is 0 Å². The Morgan fingerprint density at radius 3 is 2.29 bits per heavy atom. The quantitative estimate of drug-likeness (QED) is 0.681. The molecule has 0 aromatic heterocycles. The fourth-order valence-corrected chi connectivity index (χ4v) is 3.05. The van der Waals surface area contributed by atoms with Crippen molar-refractivity contribution in [2.45, 2.75) is 33.6 Å². The van der Waals surface area contributed by atoms with Crippen LogP contribution in [0.5, 0.6) is 0 Å². The van der Waals surface area contributed by atoms with Gasteiger partial charge in [-0.3, -0.25) is 4.79 Å². The number of rotatable bonds is 9. The van der Waals surface area contributed by atoms with Gasteiger partial charge in [0.2, 0.25) is 0 Å². The Kier molecular flexibility index (Phi) is 7.26. The zero-order valence-electron chi connectivity index (χ0n) is 15.3. The normalized spacial score (nSPS) is 11.2. The standard InChI is InChI=1S/C21H30N2O/c1-4-7-15-23(17-16-22(5-2)6-3)21(24)20-14-10-12-18-11-8-9-13-19(18)20/h8-14H,4-7,15-17H2,1-3H3. The third-order valence-electron chi connectivity index (χ3n) is 4.67. The highest BCUT2D eigenvalue weighted by molar-refractivity contribution is 6.07. The summed E-state index contributed by atoms with van der Waals surface area (Å²) < 4.78 is 0. The van der Waals surface area contributed by atoms with E-state index < -0.39 is 0 Å². The highest BCUT2D eigenvalue weighted by atomic mass is 16.2. The molecule has 0 saturated heterocycles. The molecule has 0 aliphatic heterocycles. The maximum Gasteiger partial charge on any atom is 0.254 e. The Labute approximate surface area is 146 Å². The highest BCUT2D eigenvalue weighted by Gasteiger charge is 2.18. The molecule has 1 amide bonds. The second-order valence-electron chi connectivity index (χ2n) is 6.20. The molecule has 0 saturated carbocycles. The summed E-state index contributed by atoms with van der Waals surface area (Å²) in [5.74, 6) is 0.160. The topological polar surface area (TPSA) is 23.6 Å². The molecule has 24 heavy (non-hydrogen) atoms. The smallest absolute Gasteiger partial charge is 0.254 e. The first-order chi connectivity index (χ1) is 11.7. The molecule has 2 aromatic carbocycles. The molecule has 0 radical (unpaired) electrons. The molecule has 0 spiro atoms. The molecular weight excluding hydrogens is 296 g/mol. The van der Waals surface area contributed by atoms with Crippen molar-refractivity contribution in [3.8, 4) is 0 Å². The lowest BCUT2D eigenvalue weighted by molar-refractivity contribution is 0.0737. The molecular formula is C21H30N2O. The summed E-state index contributed by atoms with van der Waals surface area (Å²) in [6.07, 6.45) is 2.15. The van der Waals surface area contributed by atoms with Gasteiger partial charge in [0.05, 0.1) is 0 Å². The monoisotopic (exact) mass is 326 g/mol. The first kappa shape index (κ1) is 18.5. The van der Waals surface area contributed by atoms with E-state index in [1.54, 1.807) is 0 Å². The van der Waals surface area contributed by atoms with E-state index in [9.17, 15) is 4.79 Å². The predicted octanol–water partition coefficient (Wildman–Crippen LogP) is 4.42. The lowest BCUT2D eigenvalue weighted by Crippen LogP contribution is -2.39. The number of nitrogens with zero attached hydrogens (tertiary/aromatic N) is 2. The second kappa shape index (κ2) is 9.43. The van der Waals surface area contributed by atoms with Crippen LogP contribution in [0.3, 0.4) is 0 Å². The summed E-state index contributed by atoms with van der Waals surface area (Å²) >= 11 is 0. The molecule has 2 aromatic rings. The minimum atomic E-state index is 0.160. The maximum atomic E-state index is 13.2. The Morgan fingerprint density at radius 1 is 0.875 bits per heavy atom. The van der Waals surface area contributed by atoms with Gasteiger partial charge in [0.15, 0.2) is 0 Å². The van der Waals surface area contributed by atoms with Crippen LogP contribution >= 0.6 is 0 Å². The van der Waals surface area contributed by atoms with E-state index in [0.717, 1.165) is 61.9 Å². The molecule has 0 aliphatic rings. The third kappa shape index (κ3) is 4.57. The fourth-order valence-electron chi connectivity index (χ4n) is 3.05. The van der Waals surface area contributed by atoms with Crippen LogP contribution in [-0.2, 0) is 0 Å².